The van der Waals surface area contributed by atoms with Crippen molar-refractivity contribution in [2.45, 2.75) is 25.9 Å². The maximum atomic E-state index is 12.4. The number of alkyl halides is 3. The van der Waals surface area contributed by atoms with Crippen molar-refractivity contribution in [3.05, 3.63) is 23.9 Å². The van der Waals surface area contributed by atoms with Gasteiger partial charge < -0.3 is 14.4 Å². The molecular formula is C15H22F3N3O4. The summed E-state index contributed by atoms with van der Waals surface area (Å²) < 4.78 is 42.3. The third kappa shape index (κ3) is 7.57. The summed E-state index contributed by atoms with van der Waals surface area (Å²) in [5, 5.41) is 2.54. The third-order valence-corrected chi connectivity index (χ3v) is 3.19. The predicted octanol–water partition coefficient (Wildman–Crippen LogP) is 3.13. The second-order valence-corrected chi connectivity index (χ2v) is 5.00. The van der Waals surface area contributed by atoms with E-state index >= 15 is 0 Å². The summed E-state index contributed by atoms with van der Waals surface area (Å²) in [6.07, 6.45) is -3.20. The van der Waals surface area contributed by atoms with Crippen LogP contribution in [-0.2, 0) is 15.8 Å². The molecule has 0 aliphatic carbocycles. The fraction of sp³-hybridized carbons (Fsp3) is 0.600. The van der Waals surface area contributed by atoms with E-state index in [1.165, 1.54) is 7.05 Å². The van der Waals surface area contributed by atoms with Crippen LogP contribution in [-0.4, -0.2) is 55.1 Å². The van der Waals surface area contributed by atoms with Crippen molar-refractivity contribution in [1.29, 1.82) is 0 Å². The van der Waals surface area contributed by atoms with Crippen LogP contribution in [0.1, 0.15) is 25.3 Å². The minimum atomic E-state index is -4.48. The second-order valence-electron chi connectivity index (χ2n) is 5.00. The Bertz CT molecular complexity index is 522. The summed E-state index contributed by atoms with van der Waals surface area (Å²) in [6.45, 7) is 3.62. The monoisotopic (exact) mass is 365 g/mol. The number of hydrogen-bond donors (Lipinski definition) is 0. The summed E-state index contributed by atoms with van der Waals surface area (Å²) in [5.41, 5.74) is -0.901. The largest absolute Gasteiger partial charge is 0.447 e. The molecule has 1 aromatic heterocycles. The highest BCUT2D eigenvalue weighted by atomic mass is 19.4. The average Bonchev–Trinajstić information content (AvgIpc) is 2.57. The molecule has 1 heterocycles. The highest BCUT2D eigenvalue weighted by Crippen LogP contribution is 2.29. The van der Waals surface area contributed by atoms with Crippen LogP contribution < -0.4 is 4.84 Å². The van der Waals surface area contributed by atoms with Crippen molar-refractivity contribution in [3.8, 4) is 5.88 Å². The Morgan fingerprint density at radius 3 is 2.52 bits per heavy atom. The number of unbranched alkanes of at least 4 members (excludes halogenated alkanes) is 1. The van der Waals surface area contributed by atoms with E-state index in [9.17, 15) is 18.0 Å². The van der Waals surface area contributed by atoms with E-state index in [1.807, 2.05) is 6.92 Å². The van der Waals surface area contributed by atoms with Crippen LogP contribution in [0.25, 0.3) is 0 Å². The van der Waals surface area contributed by atoms with Crippen molar-refractivity contribution in [2.75, 3.05) is 33.9 Å². The molecule has 0 unspecified atom stereocenters. The van der Waals surface area contributed by atoms with E-state index in [4.69, 9.17) is 14.4 Å². The number of hydroxylamine groups is 4. The van der Waals surface area contributed by atoms with E-state index in [2.05, 4.69) is 4.98 Å². The quantitative estimate of drug-likeness (QED) is 0.495. The number of carbonyl (C=O) groups excluding carboxylic acids is 1. The van der Waals surface area contributed by atoms with Crippen molar-refractivity contribution in [3.63, 3.8) is 0 Å². The van der Waals surface area contributed by atoms with Gasteiger partial charge in [0, 0.05) is 25.4 Å². The van der Waals surface area contributed by atoms with E-state index in [0.717, 1.165) is 30.2 Å². The highest BCUT2D eigenvalue weighted by molar-refractivity contribution is 5.66. The van der Waals surface area contributed by atoms with Gasteiger partial charge in [0.25, 0.3) is 0 Å². The Hall–Kier alpha value is -2.07. The second kappa shape index (κ2) is 10.0. The first-order valence-electron chi connectivity index (χ1n) is 7.68. The molecule has 25 heavy (non-hydrogen) atoms. The molecule has 1 amide bonds. The predicted molar refractivity (Wildman–Crippen MR) is 82.5 cm³/mol. The lowest BCUT2D eigenvalue weighted by Crippen LogP contribution is -2.31. The fourth-order valence-corrected chi connectivity index (χ4v) is 1.80. The zero-order valence-electron chi connectivity index (χ0n) is 14.4. The highest BCUT2D eigenvalue weighted by Gasteiger charge is 2.30. The van der Waals surface area contributed by atoms with Gasteiger partial charge in [-0.05, 0) is 18.9 Å². The first-order valence-corrected chi connectivity index (χ1v) is 7.68. The van der Waals surface area contributed by atoms with E-state index in [-0.39, 0.29) is 12.5 Å². The minimum absolute atomic E-state index is 0.147. The number of rotatable bonds is 9. The Morgan fingerprint density at radius 1 is 1.28 bits per heavy atom. The number of halogens is 3. The lowest BCUT2D eigenvalue weighted by molar-refractivity contribution is -0.138. The minimum Gasteiger partial charge on any atom is -0.447 e. The van der Waals surface area contributed by atoms with Gasteiger partial charge in [-0.25, -0.2) is 9.78 Å². The summed E-state index contributed by atoms with van der Waals surface area (Å²) >= 11 is 0. The first-order chi connectivity index (χ1) is 11.8. The van der Waals surface area contributed by atoms with Crippen LogP contribution in [0, 0.1) is 0 Å². The van der Waals surface area contributed by atoms with Crippen LogP contribution in [0.15, 0.2) is 18.3 Å². The molecule has 1 aromatic rings. The van der Waals surface area contributed by atoms with Gasteiger partial charge in [-0.2, -0.15) is 18.2 Å². The summed E-state index contributed by atoms with van der Waals surface area (Å²) in [6, 6.07) is 1.84. The molecule has 142 valence electrons. The molecule has 0 aliphatic rings. The zero-order chi connectivity index (χ0) is 18.9. The van der Waals surface area contributed by atoms with E-state index in [0.29, 0.717) is 19.2 Å². The van der Waals surface area contributed by atoms with Crippen molar-refractivity contribution in [2.24, 2.45) is 0 Å². The first kappa shape index (κ1) is 21.0. The summed E-state index contributed by atoms with van der Waals surface area (Å²) in [5.74, 6) is -0.147. The number of aromatic nitrogens is 1. The molecule has 1 rings (SSSR count). The van der Waals surface area contributed by atoms with Gasteiger partial charge in [-0.3, -0.25) is 0 Å². The van der Waals surface area contributed by atoms with Crippen LogP contribution in [0.2, 0.25) is 0 Å². The Morgan fingerprint density at radius 2 is 2.00 bits per heavy atom. The van der Waals surface area contributed by atoms with E-state index in [1.54, 1.807) is 12.2 Å². The fourth-order valence-electron chi connectivity index (χ4n) is 1.80. The van der Waals surface area contributed by atoms with Crippen molar-refractivity contribution >= 4 is 6.09 Å². The molecule has 0 radical (unpaired) electrons. The molecule has 0 atom stereocenters. The molecule has 7 nitrogen and oxygen atoms in total. The van der Waals surface area contributed by atoms with Crippen molar-refractivity contribution in [1.82, 2.24) is 15.1 Å². The van der Waals surface area contributed by atoms with Gasteiger partial charge in [0.15, 0.2) is 0 Å². The Balaban J connectivity index is 2.32. The molecule has 0 aliphatic heterocycles. The van der Waals surface area contributed by atoms with Crippen molar-refractivity contribution < 1.29 is 32.4 Å². The lowest BCUT2D eigenvalue weighted by atomic mass is 10.3. The normalized spacial score (nSPS) is 11.5. The van der Waals surface area contributed by atoms with Crippen LogP contribution in [0.3, 0.4) is 0 Å². The number of carbonyl (C=O) groups is 1. The van der Waals surface area contributed by atoms with E-state index < -0.39 is 17.8 Å². The molecule has 0 fully saturated rings. The third-order valence-electron chi connectivity index (χ3n) is 3.19. The number of pyridine rings is 1. The molecular weight excluding hydrogens is 343 g/mol. The number of hydrogen-bond acceptors (Lipinski definition) is 6. The van der Waals surface area contributed by atoms with Gasteiger partial charge in [-0.1, -0.05) is 6.92 Å². The summed E-state index contributed by atoms with van der Waals surface area (Å²) in [4.78, 5) is 25.3. The van der Waals surface area contributed by atoms with Gasteiger partial charge >= 0.3 is 12.3 Å². The smallest absolute Gasteiger partial charge is 0.442 e. The molecule has 0 aromatic carbocycles. The summed E-state index contributed by atoms with van der Waals surface area (Å²) in [7, 11) is 2.87. The maximum absolute atomic E-state index is 12.4. The number of amides is 1. The molecule has 0 saturated carbocycles. The van der Waals surface area contributed by atoms with Gasteiger partial charge in [0.05, 0.1) is 26.3 Å². The number of nitrogens with zero attached hydrogens (tertiary/aromatic N) is 3. The Labute approximate surface area is 144 Å². The lowest BCUT2D eigenvalue weighted by Gasteiger charge is -2.18. The molecule has 0 N–H and O–H groups in total. The molecule has 0 bridgehead atoms. The number of ether oxygens (including phenoxy) is 1. The maximum Gasteiger partial charge on any atom is 0.442 e. The Kier molecular flexibility index (Phi) is 8.42. The van der Waals surface area contributed by atoms with Gasteiger partial charge in [0.1, 0.15) is 0 Å². The molecule has 0 spiro atoms. The van der Waals surface area contributed by atoms with Gasteiger partial charge in [-0.15, -0.1) is 5.06 Å². The SMILES string of the molecule is CCN(CCCCOC(=O)N(C)Oc1ccc(C(F)(F)F)cn1)OC. The van der Waals surface area contributed by atoms with Crippen LogP contribution in [0.4, 0.5) is 18.0 Å². The van der Waals surface area contributed by atoms with Crippen LogP contribution in [0.5, 0.6) is 5.88 Å². The van der Waals surface area contributed by atoms with Crippen LogP contribution >= 0.6 is 0 Å². The average molecular weight is 365 g/mol. The van der Waals surface area contributed by atoms with Gasteiger partial charge in [0.2, 0.25) is 5.88 Å². The zero-order valence-corrected chi connectivity index (χ0v) is 14.4. The molecule has 10 heteroatoms. The standard InChI is InChI=1S/C15H22F3N3O4/c1-4-21(23-3)9-5-6-10-24-14(22)20(2)25-13-8-7-12(11-19-13)15(16,17)18/h7-8,11H,4-6,9-10H2,1-3H3. The topological polar surface area (TPSA) is 64.1 Å². The molecule has 0 saturated heterocycles.